The van der Waals surface area contributed by atoms with Crippen LogP contribution in [0.1, 0.15) is 0 Å². The molecule has 0 aliphatic heterocycles. The highest BCUT2D eigenvalue weighted by Gasteiger charge is 2.01. The Hall–Kier alpha value is -1.06. The van der Waals surface area contributed by atoms with Crippen molar-refractivity contribution in [2.75, 3.05) is 5.73 Å². The van der Waals surface area contributed by atoms with Gasteiger partial charge in [-0.3, -0.25) is 0 Å². The highest BCUT2D eigenvalue weighted by molar-refractivity contribution is 7.13. The molecule has 2 aromatic rings. The summed E-state index contributed by atoms with van der Waals surface area (Å²) >= 11 is 7.06. The molecule has 0 atom stereocenters. The fraction of sp³-hybridized carbons (Fsp3) is 0. The molecule has 2 rings (SSSR count). The second-order valence-corrected chi connectivity index (χ2v) is 3.77. The van der Waals surface area contributed by atoms with Crippen LogP contribution in [0.25, 0.3) is 11.3 Å². The van der Waals surface area contributed by atoms with Crippen molar-refractivity contribution in [1.29, 1.82) is 0 Å². The van der Waals surface area contributed by atoms with Crippen molar-refractivity contribution in [3.05, 3.63) is 34.7 Å². The molecule has 0 amide bonds. The molecule has 2 N–H and O–H groups in total. The Morgan fingerprint density at radius 1 is 1.31 bits per heavy atom. The van der Waals surface area contributed by atoms with Crippen LogP contribution in [0.3, 0.4) is 0 Å². The Balaban J connectivity index is 2.41. The lowest BCUT2D eigenvalue weighted by atomic mass is 10.2. The predicted molar refractivity (Wildman–Crippen MR) is 55.8 cm³/mol. The summed E-state index contributed by atoms with van der Waals surface area (Å²) in [5.41, 5.74) is 7.26. The maximum Gasteiger partial charge on any atom is 0.181 e. The van der Waals surface area contributed by atoms with Crippen LogP contribution in [-0.4, -0.2) is 4.98 Å². The van der Waals surface area contributed by atoms with E-state index in [1.165, 1.54) is 11.3 Å². The van der Waals surface area contributed by atoms with Crippen LogP contribution in [0, 0.1) is 5.38 Å². The van der Waals surface area contributed by atoms with Gasteiger partial charge < -0.3 is 5.73 Å². The molecule has 1 aromatic heterocycles. The third-order valence-electron chi connectivity index (χ3n) is 1.59. The van der Waals surface area contributed by atoms with Gasteiger partial charge in [0.05, 0.1) is 11.1 Å². The summed E-state index contributed by atoms with van der Waals surface area (Å²) in [6, 6.07) is 7.43. The van der Waals surface area contributed by atoms with E-state index >= 15 is 0 Å². The summed E-state index contributed by atoms with van der Waals surface area (Å²) in [7, 11) is 0. The number of rotatable bonds is 1. The molecule has 0 aliphatic carbocycles. The molecule has 0 spiro atoms. The van der Waals surface area contributed by atoms with Gasteiger partial charge in [0.25, 0.3) is 0 Å². The molecule has 65 valence electrons. The largest absolute Gasteiger partial charge is 0.375 e. The molecule has 0 saturated heterocycles. The Labute approximate surface area is 85.0 Å². The first-order valence-electron chi connectivity index (χ1n) is 3.65. The van der Waals surface area contributed by atoms with Crippen molar-refractivity contribution in [1.82, 2.24) is 4.98 Å². The number of anilines is 1. The van der Waals surface area contributed by atoms with Gasteiger partial charge in [0.15, 0.2) is 5.13 Å². The fourth-order valence-corrected chi connectivity index (χ4v) is 1.62. The SMILES string of the molecule is Nc1nc(-c2ccc(Cl)cc2)[c]s1. The Bertz CT molecular complexity index is 408. The Morgan fingerprint density at radius 3 is 2.54 bits per heavy atom. The quantitative estimate of drug-likeness (QED) is 0.785. The van der Waals surface area contributed by atoms with Gasteiger partial charge in [0.1, 0.15) is 0 Å². The predicted octanol–water partition coefficient (Wildman–Crippen LogP) is 2.85. The average Bonchev–Trinajstić information content (AvgIpc) is 2.53. The van der Waals surface area contributed by atoms with Gasteiger partial charge in [-0.2, -0.15) is 0 Å². The van der Waals surface area contributed by atoms with Gasteiger partial charge in [0.2, 0.25) is 0 Å². The lowest BCUT2D eigenvalue weighted by Crippen LogP contribution is -1.82. The summed E-state index contributed by atoms with van der Waals surface area (Å²) < 4.78 is 0. The minimum Gasteiger partial charge on any atom is -0.375 e. The van der Waals surface area contributed by atoms with E-state index in [9.17, 15) is 0 Å². The average molecular weight is 210 g/mol. The van der Waals surface area contributed by atoms with E-state index in [-0.39, 0.29) is 0 Å². The summed E-state index contributed by atoms with van der Waals surface area (Å²) in [6.07, 6.45) is 0. The maximum absolute atomic E-state index is 5.75. The van der Waals surface area contributed by atoms with E-state index in [0.29, 0.717) is 10.2 Å². The monoisotopic (exact) mass is 209 g/mol. The van der Waals surface area contributed by atoms with E-state index in [0.717, 1.165) is 11.3 Å². The smallest absolute Gasteiger partial charge is 0.181 e. The number of halogens is 1. The standard InChI is InChI=1S/C9H6ClN2S/c10-7-3-1-6(2-4-7)8-5-13-9(11)12-8/h1-4H,(H2,11,12). The first-order chi connectivity index (χ1) is 6.25. The van der Waals surface area contributed by atoms with E-state index < -0.39 is 0 Å². The molecule has 0 unspecified atom stereocenters. The Kier molecular flexibility index (Phi) is 2.20. The number of hydrogen-bond donors (Lipinski definition) is 1. The van der Waals surface area contributed by atoms with Crippen molar-refractivity contribution in [2.45, 2.75) is 0 Å². The number of benzene rings is 1. The summed E-state index contributed by atoms with van der Waals surface area (Å²) in [5.74, 6) is 0. The van der Waals surface area contributed by atoms with Gasteiger partial charge in [-0.25, -0.2) is 4.98 Å². The van der Waals surface area contributed by atoms with Crippen LogP contribution in [0.4, 0.5) is 5.13 Å². The third-order valence-corrected chi connectivity index (χ3v) is 2.44. The summed E-state index contributed by atoms with van der Waals surface area (Å²) in [5, 5.41) is 4.25. The van der Waals surface area contributed by atoms with Crippen molar-refractivity contribution < 1.29 is 0 Å². The first kappa shape index (κ1) is 8.53. The summed E-state index contributed by atoms with van der Waals surface area (Å²) in [6.45, 7) is 0. The molecule has 1 aromatic carbocycles. The van der Waals surface area contributed by atoms with Crippen LogP contribution in [-0.2, 0) is 0 Å². The topological polar surface area (TPSA) is 38.9 Å². The minimum absolute atomic E-state index is 0.532. The molecule has 4 heteroatoms. The van der Waals surface area contributed by atoms with Gasteiger partial charge in [0, 0.05) is 10.6 Å². The van der Waals surface area contributed by atoms with Crippen LogP contribution >= 0.6 is 22.9 Å². The van der Waals surface area contributed by atoms with E-state index in [2.05, 4.69) is 10.4 Å². The number of thiazole rings is 1. The molecule has 0 fully saturated rings. The molecular weight excluding hydrogens is 204 g/mol. The molecular formula is C9H6ClN2S. The first-order valence-corrected chi connectivity index (χ1v) is 4.85. The van der Waals surface area contributed by atoms with Gasteiger partial charge in [-0.15, -0.1) is 0 Å². The highest BCUT2D eigenvalue weighted by Crippen LogP contribution is 2.23. The molecule has 2 nitrogen and oxygen atoms in total. The number of aromatic nitrogens is 1. The number of nitrogens with two attached hydrogens (primary N) is 1. The third kappa shape index (κ3) is 1.82. The zero-order valence-corrected chi connectivity index (χ0v) is 8.19. The fourth-order valence-electron chi connectivity index (χ4n) is 0.988. The second-order valence-electron chi connectivity index (χ2n) is 2.51. The molecule has 1 heterocycles. The van der Waals surface area contributed by atoms with Crippen LogP contribution in [0.2, 0.25) is 5.02 Å². The molecule has 13 heavy (non-hydrogen) atoms. The molecule has 0 aliphatic rings. The van der Waals surface area contributed by atoms with Gasteiger partial charge in [-0.05, 0) is 12.1 Å². The highest BCUT2D eigenvalue weighted by atomic mass is 35.5. The number of nitrogen functional groups attached to an aromatic ring is 1. The minimum atomic E-state index is 0.532. The lowest BCUT2D eigenvalue weighted by molar-refractivity contribution is 1.41. The van der Waals surface area contributed by atoms with Crippen molar-refractivity contribution in [3.63, 3.8) is 0 Å². The van der Waals surface area contributed by atoms with Crippen molar-refractivity contribution in [2.24, 2.45) is 0 Å². The lowest BCUT2D eigenvalue weighted by Gasteiger charge is -1.94. The van der Waals surface area contributed by atoms with Crippen LogP contribution in [0.15, 0.2) is 24.3 Å². The molecule has 1 radical (unpaired) electrons. The van der Waals surface area contributed by atoms with E-state index in [1.807, 2.05) is 24.3 Å². The normalized spacial score (nSPS) is 10.2. The number of nitrogens with zero attached hydrogens (tertiary/aromatic N) is 1. The van der Waals surface area contributed by atoms with E-state index in [4.69, 9.17) is 17.3 Å². The van der Waals surface area contributed by atoms with Crippen LogP contribution in [0.5, 0.6) is 0 Å². The zero-order chi connectivity index (χ0) is 9.26. The van der Waals surface area contributed by atoms with Crippen molar-refractivity contribution >= 4 is 28.1 Å². The Morgan fingerprint density at radius 2 is 2.00 bits per heavy atom. The van der Waals surface area contributed by atoms with Crippen LogP contribution < -0.4 is 5.73 Å². The molecule has 0 saturated carbocycles. The van der Waals surface area contributed by atoms with Gasteiger partial charge in [-0.1, -0.05) is 35.1 Å². The second kappa shape index (κ2) is 3.36. The van der Waals surface area contributed by atoms with Gasteiger partial charge >= 0.3 is 0 Å². The number of hydrogen-bond acceptors (Lipinski definition) is 3. The summed E-state index contributed by atoms with van der Waals surface area (Å²) in [4.78, 5) is 4.11. The zero-order valence-electron chi connectivity index (χ0n) is 6.62. The van der Waals surface area contributed by atoms with Crippen molar-refractivity contribution in [3.8, 4) is 11.3 Å². The molecule has 0 bridgehead atoms. The van der Waals surface area contributed by atoms with E-state index in [1.54, 1.807) is 0 Å². The maximum atomic E-state index is 5.75.